The molecular weight excluding hydrogens is 857 g/mol. The highest BCUT2D eigenvalue weighted by Crippen LogP contribution is 2.65. The van der Waals surface area contributed by atoms with Crippen LogP contribution < -0.4 is 4.90 Å². The molecule has 0 unspecified atom stereocenters. The molecule has 3 aliphatic carbocycles. The number of fused-ring (bicyclic) bond motifs is 14. The normalized spacial score (nSPS) is 15.3. The quantitative estimate of drug-likeness (QED) is 0.161. The second kappa shape index (κ2) is 15.4. The molecule has 2 heteroatoms. The molecule has 3 aliphatic rings. The monoisotopic (exact) mass is 910 g/mol. The largest absolute Gasteiger partial charge is 0.310 e. The number of nitrogens with zero attached hydrogens (tertiary/aromatic N) is 2. The number of aromatic nitrogens is 1. The zero-order valence-electron chi connectivity index (χ0n) is 40.7. The average Bonchev–Trinajstić information content (AvgIpc) is 4.02. The fourth-order valence-electron chi connectivity index (χ4n) is 13.3. The van der Waals surface area contributed by atoms with E-state index in [2.05, 4.69) is 268 Å². The zero-order valence-corrected chi connectivity index (χ0v) is 40.7. The van der Waals surface area contributed by atoms with Gasteiger partial charge in [-0.25, -0.2) is 0 Å². The Morgan fingerprint density at radius 2 is 0.817 bits per heavy atom. The lowest BCUT2D eigenvalue weighted by Crippen LogP contribution is -2.34. The van der Waals surface area contributed by atoms with Crippen molar-refractivity contribution in [3.63, 3.8) is 0 Å². The molecule has 0 amide bonds. The second-order valence-corrected chi connectivity index (χ2v) is 21.4. The molecule has 340 valence electrons. The lowest BCUT2D eigenvalue weighted by atomic mass is 9.61. The average molecular weight is 911 g/mol. The molecule has 2 nitrogen and oxygen atoms in total. The molecule has 1 aromatic heterocycles. The summed E-state index contributed by atoms with van der Waals surface area (Å²) in [6.07, 6.45) is 2.28. The summed E-state index contributed by atoms with van der Waals surface area (Å²) in [5, 5.41) is 2.52. The summed E-state index contributed by atoms with van der Waals surface area (Å²) in [4.78, 5) is 2.56. The van der Waals surface area contributed by atoms with Gasteiger partial charge in [0.1, 0.15) is 0 Å². The third-order valence-corrected chi connectivity index (χ3v) is 16.7. The highest BCUT2D eigenvalue weighted by molar-refractivity contribution is 6.09. The first kappa shape index (κ1) is 41.7. The minimum atomic E-state index is -0.507. The molecule has 0 saturated heterocycles. The topological polar surface area (TPSA) is 8.17 Å². The van der Waals surface area contributed by atoms with Crippen LogP contribution in [0, 0.1) is 0 Å². The van der Waals surface area contributed by atoms with Crippen molar-refractivity contribution < 1.29 is 0 Å². The Balaban J connectivity index is 1.08. The van der Waals surface area contributed by atoms with Crippen LogP contribution in [0.1, 0.15) is 73.9 Å². The summed E-state index contributed by atoms with van der Waals surface area (Å²) < 4.78 is 2.42. The Morgan fingerprint density at radius 3 is 1.42 bits per heavy atom. The third-order valence-electron chi connectivity index (χ3n) is 16.7. The van der Waals surface area contributed by atoms with Gasteiger partial charge in [-0.05, 0) is 157 Å². The molecule has 0 N–H and O–H groups in total. The second-order valence-electron chi connectivity index (χ2n) is 21.4. The highest BCUT2D eigenvalue weighted by Gasteiger charge is 2.52. The van der Waals surface area contributed by atoms with Gasteiger partial charge < -0.3 is 9.47 Å². The van der Waals surface area contributed by atoms with E-state index in [4.69, 9.17) is 0 Å². The third kappa shape index (κ3) is 6.01. The number of anilines is 3. The van der Waals surface area contributed by atoms with Crippen LogP contribution in [-0.2, 0) is 16.2 Å². The van der Waals surface area contributed by atoms with Gasteiger partial charge in [0, 0.05) is 33.4 Å². The van der Waals surface area contributed by atoms with Gasteiger partial charge in [-0.1, -0.05) is 198 Å². The Kier molecular flexibility index (Phi) is 9.05. The summed E-state index contributed by atoms with van der Waals surface area (Å²) in [5.74, 6) is 0. The fraction of sp³-hybridized carbons (Fsp3) is 0.130. The number of rotatable bonds is 6. The van der Waals surface area contributed by atoms with Crippen LogP contribution in [0.2, 0.25) is 0 Å². The van der Waals surface area contributed by atoms with Gasteiger partial charge in [0.25, 0.3) is 0 Å². The van der Waals surface area contributed by atoms with E-state index in [1.165, 1.54) is 105 Å². The van der Waals surface area contributed by atoms with Crippen molar-refractivity contribution in [2.24, 2.45) is 0 Å². The molecule has 0 fully saturated rings. The van der Waals surface area contributed by atoms with E-state index < -0.39 is 5.41 Å². The zero-order chi connectivity index (χ0) is 47.6. The van der Waals surface area contributed by atoms with Crippen LogP contribution in [0.25, 0.3) is 72.0 Å². The number of hydrogen-bond donors (Lipinski definition) is 0. The number of hydrogen-bond acceptors (Lipinski definition) is 1. The van der Waals surface area contributed by atoms with Gasteiger partial charge in [-0.15, -0.1) is 0 Å². The molecule has 1 spiro atoms. The van der Waals surface area contributed by atoms with Crippen molar-refractivity contribution in [2.45, 2.75) is 56.8 Å². The predicted molar refractivity (Wildman–Crippen MR) is 298 cm³/mol. The smallest absolute Gasteiger partial charge is 0.0726 e. The lowest BCUT2D eigenvalue weighted by molar-refractivity contribution is 0.333. The SMILES string of the molecule is CC1(C)CCC(C)(C)c2c(-c3cc4c(cc3N(c3ccc(-c5ccccc5)cc3)c3ccc(-n5c6ccccc6c6ccccc65)cc3)C3(c5ccccc5-c5ccccc53)c3ccccc3-4)cccc21. The standard InChI is InChI=1S/C69H54N2/c1-67(2)41-42-68(3,4)66-55(26-18-30-61(66)67)57-43-56-52-23-10-15-29-60(52)69(58-27-13-8-21-50(58)51-22-9-14-28-59(51)69)62(56)44-65(57)70(47-35-33-46(34-36-47)45-19-6-5-7-20-45)48-37-39-49(40-38-48)71-63-31-16-11-24-53(63)54-25-12-17-32-64(54)71/h5-40,43-44H,41-42H2,1-4H3. The molecule has 0 aliphatic heterocycles. The Labute approximate surface area is 417 Å². The van der Waals surface area contributed by atoms with Gasteiger partial charge in [-0.3, -0.25) is 0 Å². The molecular formula is C69H54N2. The van der Waals surface area contributed by atoms with Crippen molar-refractivity contribution in [2.75, 3.05) is 4.90 Å². The Hall–Kier alpha value is -8.20. The minimum absolute atomic E-state index is 0.0354. The van der Waals surface area contributed by atoms with E-state index in [1.807, 2.05) is 0 Å². The molecule has 0 bridgehead atoms. The van der Waals surface area contributed by atoms with Crippen molar-refractivity contribution in [3.8, 4) is 50.2 Å². The first-order chi connectivity index (χ1) is 34.7. The van der Waals surface area contributed by atoms with Gasteiger partial charge in [-0.2, -0.15) is 0 Å². The van der Waals surface area contributed by atoms with Gasteiger partial charge in [0.2, 0.25) is 0 Å². The lowest BCUT2D eigenvalue weighted by Gasteiger charge is -2.43. The van der Waals surface area contributed by atoms with Gasteiger partial charge in [0.05, 0.1) is 22.1 Å². The summed E-state index contributed by atoms with van der Waals surface area (Å²) in [6.45, 7) is 9.84. The summed E-state index contributed by atoms with van der Waals surface area (Å²) in [7, 11) is 0. The van der Waals surface area contributed by atoms with Crippen molar-refractivity contribution in [3.05, 3.63) is 264 Å². The summed E-state index contributed by atoms with van der Waals surface area (Å²) in [6, 6.07) is 86.9. The fourth-order valence-corrected chi connectivity index (χ4v) is 13.3. The van der Waals surface area contributed by atoms with E-state index in [0.29, 0.717) is 0 Å². The van der Waals surface area contributed by atoms with E-state index in [-0.39, 0.29) is 10.8 Å². The molecule has 10 aromatic carbocycles. The van der Waals surface area contributed by atoms with E-state index in [1.54, 1.807) is 0 Å². The molecule has 11 aromatic rings. The Morgan fingerprint density at radius 1 is 0.352 bits per heavy atom. The Bertz CT molecular complexity index is 3820. The van der Waals surface area contributed by atoms with Crippen LogP contribution in [0.5, 0.6) is 0 Å². The molecule has 0 atom stereocenters. The van der Waals surface area contributed by atoms with Crippen LogP contribution in [0.4, 0.5) is 17.1 Å². The summed E-state index contributed by atoms with van der Waals surface area (Å²) >= 11 is 0. The van der Waals surface area contributed by atoms with E-state index in [9.17, 15) is 0 Å². The van der Waals surface area contributed by atoms with Crippen molar-refractivity contribution >= 4 is 38.9 Å². The molecule has 71 heavy (non-hydrogen) atoms. The van der Waals surface area contributed by atoms with E-state index in [0.717, 1.165) is 29.9 Å². The van der Waals surface area contributed by atoms with Crippen LogP contribution in [-0.4, -0.2) is 4.57 Å². The molecule has 0 saturated carbocycles. The first-order valence-electron chi connectivity index (χ1n) is 25.4. The van der Waals surface area contributed by atoms with Crippen LogP contribution in [0.15, 0.2) is 231 Å². The van der Waals surface area contributed by atoms with Crippen molar-refractivity contribution in [1.29, 1.82) is 0 Å². The summed E-state index contributed by atoms with van der Waals surface area (Å²) in [5.41, 5.74) is 24.9. The molecule has 1 heterocycles. The van der Waals surface area contributed by atoms with E-state index >= 15 is 0 Å². The van der Waals surface area contributed by atoms with Crippen LogP contribution >= 0.6 is 0 Å². The van der Waals surface area contributed by atoms with Gasteiger partial charge >= 0.3 is 0 Å². The molecule has 14 rings (SSSR count). The minimum Gasteiger partial charge on any atom is -0.310 e. The maximum Gasteiger partial charge on any atom is 0.0726 e. The maximum atomic E-state index is 2.61. The predicted octanol–water partition coefficient (Wildman–Crippen LogP) is 18.3. The van der Waals surface area contributed by atoms with Crippen molar-refractivity contribution in [1.82, 2.24) is 4.57 Å². The molecule has 0 radical (unpaired) electrons. The van der Waals surface area contributed by atoms with Gasteiger partial charge in [0.15, 0.2) is 0 Å². The first-order valence-corrected chi connectivity index (χ1v) is 25.4. The number of benzene rings is 10. The highest BCUT2D eigenvalue weighted by atomic mass is 15.1. The maximum absolute atomic E-state index is 2.61. The number of para-hydroxylation sites is 2. The van der Waals surface area contributed by atoms with Crippen LogP contribution in [0.3, 0.4) is 0 Å².